The van der Waals surface area contributed by atoms with Crippen molar-refractivity contribution in [1.82, 2.24) is 10.6 Å². The van der Waals surface area contributed by atoms with Crippen molar-refractivity contribution in [3.8, 4) is 0 Å². The van der Waals surface area contributed by atoms with Crippen molar-refractivity contribution in [2.45, 2.75) is 25.8 Å². The molecule has 1 rings (SSSR count). The van der Waals surface area contributed by atoms with Gasteiger partial charge in [-0.1, -0.05) is 0 Å². The summed E-state index contributed by atoms with van der Waals surface area (Å²) >= 11 is 0. The van der Waals surface area contributed by atoms with Crippen molar-refractivity contribution < 1.29 is 9.53 Å². The van der Waals surface area contributed by atoms with E-state index in [1.54, 1.807) is 0 Å². The van der Waals surface area contributed by atoms with Crippen LogP contribution in [-0.4, -0.2) is 37.7 Å². The van der Waals surface area contributed by atoms with E-state index < -0.39 is 0 Å². The zero-order valence-electron chi connectivity index (χ0n) is 8.35. The van der Waals surface area contributed by atoms with Crippen molar-refractivity contribution in [2.75, 3.05) is 26.3 Å². The first kappa shape index (κ1) is 10.5. The molecule has 1 fully saturated rings. The van der Waals surface area contributed by atoms with Crippen molar-refractivity contribution in [3.63, 3.8) is 0 Å². The fourth-order valence-electron chi connectivity index (χ4n) is 1.41. The number of carbonyl (C=O) groups is 1. The van der Waals surface area contributed by atoms with Crippen LogP contribution in [0.3, 0.4) is 0 Å². The Balaban J connectivity index is 2.07. The standard InChI is InChI=1S/C9H18N2O2/c1-8(12)10-4-5-11-9(2)3-6-13-7-9/h11H,3-7H2,1-2H3,(H,10,12). The fraction of sp³-hybridized carbons (Fsp3) is 0.889. The predicted molar refractivity (Wildman–Crippen MR) is 50.5 cm³/mol. The van der Waals surface area contributed by atoms with Crippen LogP contribution >= 0.6 is 0 Å². The minimum absolute atomic E-state index is 0.0228. The Bertz CT molecular complexity index is 176. The average molecular weight is 186 g/mol. The van der Waals surface area contributed by atoms with E-state index in [9.17, 15) is 4.79 Å². The Morgan fingerprint density at radius 2 is 2.31 bits per heavy atom. The maximum atomic E-state index is 10.6. The molecule has 0 aliphatic carbocycles. The van der Waals surface area contributed by atoms with Gasteiger partial charge in [-0.3, -0.25) is 4.79 Å². The van der Waals surface area contributed by atoms with Crippen molar-refractivity contribution in [2.24, 2.45) is 0 Å². The molecule has 1 unspecified atom stereocenters. The van der Waals surface area contributed by atoms with Crippen LogP contribution in [-0.2, 0) is 9.53 Å². The fourth-order valence-corrected chi connectivity index (χ4v) is 1.41. The largest absolute Gasteiger partial charge is 0.379 e. The van der Waals surface area contributed by atoms with E-state index in [-0.39, 0.29) is 11.4 Å². The molecule has 1 aliphatic heterocycles. The highest BCUT2D eigenvalue weighted by molar-refractivity contribution is 5.72. The molecule has 4 heteroatoms. The Hall–Kier alpha value is -0.610. The first-order valence-corrected chi connectivity index (χ1v) is 4.70. The van der Waals surface area contributed by atoms with Gasteiger partial charge in [0, 0.05) is 32.2 Å². The summed E-state index contributed by atoms with van der Waals surface area (Å²) in [5, 5.41) is 6.12. The molecule has 1 amide bonds. The Morgan fingerprint density at radius 1 is 1.54 bits per heavy atom. The SMILES string of the molecule is CC(=O)NCCNC1(C)CCOC1. The topological polar surface area (TPSA) is 50.4 Å². The second kappa shape index (κ2) is 4.58. The maximum Gasteiger partial charge on any atom is 0.216 e. The smallest absolute Gasteiger partial charge is 0.216 e. The lowest BCUT2D eigenvalue weighted by Gasteiger charge is -2.23. The molecule has 0 aromatic heterocycles. The molecule has 0 saturated carbocycles. The Labute approximate surface area is 79.0 Å². The van der Waals surface area contributed by atoms with Gasteiger partial charge in [-0.2, -0.15) is 0 Å². The molecule has 2 N–H and O–H groups in total. The van der Waals surface area contributed by atoms with Crippen LogP contribution in [0.15, 0.2) is 0 Å². The van der Waals surface area contributed by atoms with Crippen LogP contribution in [0.2, 0.25) is 0 Å². The second-order valence-corrected chi connectivity index (χ2v) is 3.77. The molecular weight excluding hydrogens is 168 g/mol. The molecule has 1 heterocycles. The monoisotopic (exact) mass is 186 g/mol. The number of rotatable bonds is 4. The van der Waals surface area contributed by atoms with Crippen molar-refractivity contribution in [3.05, 3.63) is 0 Å². The van der Waals surface area contributed by atoms with Gasteiger partial charge in [0.2, 0.25) is 5.91 Å². The summed E-state index contributed by atoms with van der Waals surface area (Å²) in [4.78, 5) is 10.6. The van der Waals surface area contributed by atoms with Crippen molar-refractivity contribution >= 4 is 5.91 Å². The van der Waals surface area contributed by atoms with Gasteiger partial charge in [0.15, 0.2) is 0 Å². The summed E-state index contributed by atoms with van der Waals surface area (Å²) in [6.07, 6.45) is 1.05. The van der Waals surface area contributed by atoms with E-state index in [4.69, 9.17) is 4.74 Å². The summed E-state index contributed by atoms with van der Waals surface area (Å²) in [5.74, 6) is 0.0228. The first-order valence-electron chi connectivity index (χ1n) is 4.70. The van der Waals surface area contributed by atoms with Gasteiger partial charge >= 0.3 is 0 Å². The highest BCUT2D eigenvalue weighted by Gasteiger charge is 2.28. The number of ether oxygens (including phenoxy) is 1. The number of hydrogen-bond acceptors (Lipinski definition) is 3. The first-order chi connectivity index (χ1) is 6.12. The van der Waals surface area contributed by atoms with Gasteiger partial charge in [0.1, 0.15) is 0 Å². The number of amides is 1. The molecule has 0 bridgehead atoms. The molecule has 0 aromatic carbocycles. The van der Waals surface area contributed by atoms with Gasteiger partial charge < -0.3 is 15.4 Å². The third-order valence-corrected chi connectivity index (χ3v) is 2.27. The number of carbonyl (C=O) groups excluding carboxylic acids is 1. The normalized spacial score (nSPS) is 27.5. The minimum atomic E-state index is 0.0228. The molecule has 0 aromatic rings. The summed E-state index contributed by atoms with van der Waals surface area (Å²) in [6, 6.07) is 0. The molecule has 4 nitrogen and oxygen atoms in total. The molecule has 0 radical (unpaired) electrons. The molecular formula is C9H18N2O2. The number of nitrogens with one attached hydrogen (secondary N) is 2. The zero-order valence-corrected chi connectivity index (χ0v) is 8.35. The summed E-state index contributed by atoms with van der Waals surface area (Å²) in [6.45, 7) is 6.77. The van der Waals surface area contributed by atoms with Crippen LogP contribution in [0.1, 0.15) is 20.3 Å². The van der Waals surface area contributed by atoms with Gasteiger partial charge in [-0.05, 0) is 13.3 Å². The predicted octanol–water partition coefficient (Wildman–Crippen LogP) is -0.109. The lowest BCUT2D eigenvalue weighted by atomic mass is 10.0. The molecule has 13 heavy (non-hydrogen) atoms. The van der Waals surface area contributed by atoms with Gasteiger partial charge in [0.25, 0.3) is 0 Å². The highest BCUT2D eigenvalue weighted by Crippen LogP contribution is 2.16. The molecule has 0 spiro atoms. The zero-order chi connectivity index (χ0) is 9.73. The quantitative estimate of drug-likeness (QED) is 0.602. The van der Waals surface area contributed by atoms with E-state index in [1.807, 2.05) is 0 Å². The van der Waals surface area contributed by atoms with E-state index in [0.29, 0.717) is 6.54 Å². The molecule has 76 valence electrons. The number of hydrogen-bond donors (Lipinski definition) is 2. The summed E-state index contributed by atoms with van der Waals surface area (Å²) < 4.78 is 5.29. The van der Waals surface area contributed by atoms with E-state index in [0.717, 1.165) is 26.2 Å². The van der Waals surface area contributed by atoms with Crippen LogP contribution in [0.5, 0.6) is 0 Å². The van der Waals surface area contributed by atoms with Crippen molar-refractivity contribution in [1.29, 1.82) is 0 Å². The third kappa shape index (κ3) is 3.74. The summed E-state index contributed by atoms with van der Waals surface area (Å²) in [5.41, 5.74) is 0.110. The maximum absolute atomic E-state index is 10.6. The molecule has 1 atom stereocenters. The Kier molecular flexibility index (Phi) is 3.69. The van der Waals surface area contributed by atoms with Gasteiger partial charge in [0.05, 0.1) is 6.61 Å². The van der Waals surface area contributed by atoms with Crippen LogP contribution in [0.4, 0.5) is 0 Å². The Morgan fingerprint density at radius 3 is 2.85 bits per heavy atom. The highest BCUT2D eigenvalue weighted by atomic mass is 16.5. The van der Waals surface area contributed by atoms with E-state index in [2.05, 4.69) is 17.6 Å². The van der Waals surface area contributed by atoms with E-state index in [1.165, 1.54) is 6.92 Å². The lowest BCUT2D eigenvalue weighted by molar-refractivity contribution is -0.118. The van der Waals surface area contributed by atoms with Crippen LogP contribution < -0.4 is 10.6 Å². The second-order valence-electron chi connectivity index (χ2n) is 3.77. The minimum Gasteiger partial charge on any atom is -0.379 e. The van der Waals surface area contributed by atoms with Crippen LogP contribution in [0, 0.1) is 0 Å². The third-order valence-electron chi connectivity index (χ3n) is 2.27. The van der Waals surface area contributed by atoms with Crippen LogP contribution in [0.25, 0.3) is 0 Å². The van der Waals surface area contributed by atoms with E-state index >= 15 is 0 Å². The molecule has 1 aliphatic rings. The summed E-state index contributed by atoms with van der Waals surface area (Å²) in [7, 11) is 0. The molecule has 1 saturated heterocycles. The lowest BCUT2D eigenvalue weighted by Crippen LogP contribution is -2.46. The average Bonchev–Trinajstić information content (AvgIpc) is 2.47. The van der Waals surface area contributed by atoms with Gasteiger partial charge in [-0.15, -0.1) is 0 Å². The van der Waals surface area contributed by atoms with Gasteiger partial charge in [-0.25, -0.2) is 0 Å².